The third kappa shape index (κ3) is 2.87. The van der Waals surface area contributed by atoms with Gasteiger partial charge in [0, 0.05) is 10.4 Å². The van der Waals surface area contributed by atoms with Gasteiger partial charge in [-0.15, -0.1) is 11.3 Å². The quantitative estimate of drug-likeness (QED) is 0.863. The normalized spacial score (nSPS) is 14.2. The Morgan fingerprint density at radius 2 is 2.00 bits per heavy atom. The summed E-state index contributed by atoms with van der Waals surface area (Å²) in [5, 5.41) is 4.63. The van der Waals surface area contributed by atoms with Crippen molar-refractivity contribution in [3.63, 3.8) is 0 Å². The topological polar surface area (TPSA) is 55.4 Å². The van der Waals surface area contributed by atoms with Crippen molar-refractivity contribution >= 4 is 28.6 Å². The van der Waals surface area contributed by atoms with Crippen molar-refractivity contribution in [1.29, 1.82) is 0 Å². The summed E-state index contributed by atoms with van der Waals surface area (Å²) >= 11 is 1.47. The molecule has 3 rings (SSSR count). The summed E-state index contributed by atoms with van der Waals surface area (Å²) < 4.78 is 5.58. The number of Topliss-reactive ketones (excluding diaryl/α,β-unsaturated/α-hetero) is 1. The molecule has 0 unspecified atom stereocenters. The van der Waals surface area contributed by atoms with Crippen LogP contribution in [0.25, 0.3) is 5.57 Å². The minimum Gasteiger partial charge on any atom is -0.487 e. The van der Waals surface area contributed by atoms with Crippen molar-refractivity contribution in [2.45, 2.75) is 0 Å². The van der Waals surface area contributed by atoms with Crippen molar-refractivity contribution in [2.24, 2.45) is 0 Å². The van der Waals surface area contributed by atoms with Gasteiger partial charge in [0.1, 0.15) is 5.76 Å². The van der Waals surface area contributed by atoms with Crippen LogP contribution in [-0.4, -0.2) is 24.8 Å². The highest BCUT2D eigenvalue weighted by atomic mass is 32.1. The van der Waals surface area contributed by atoms with Gasteiger partial charge in [0.2, 0.25) is 0 Å². The van der Waals surface area contributed by atoms with Crippen LogP contribution in [0.4, 0.5) is 0 Å². The first-order valence-corrected chi connectivity index (χ1v) is 7.40. The van der Waals surface area contributed by atoms with Crippen LogP contribution in [0.1, 0.15) is 15.2 Å². The number of ketones is 1. The largest absolute Gasteiger partial charge is 0.487 e. The zero-order chi connectivity index (χ0) is 14.7. The van der Waals surface area contributed by atoms with E-state index in [1.165, 1.54) is 11.3 Å². The highest BCUT2D eigenvalue weighted by Crippen LogP contribution is 2.27. The van der Waals surface area contributed by atoms with Gasteiger partial charge in [-0.2, -0.15) is 0 Å². The molecule has 0 fully saturated rings. The fourth-order valence-corrected chi connectivity index (χ4v) is 2.90. The van der Waals surface area contributed by atoms with E-state index in [4.69, 9.17) is 4.74 Å². The minimum atomic E-state index is -0.153. The molecule has 0 bridgehead atoms. The smallest absolute Gasteiger partial charge is 0.256 e. The van der Waals surface area contributed by atoms with Crippen LogP contribution in [0.3, 0.4) is 0 Å². The number of thiophene rings is 1. The summed E-state index contributed by atoms with van der Waals surface area (Å²) in [5.41, 5.74) is 1.14. The number of ether oxygens (including phenoxy) is 1. The van der Waals surface area contributed by atoms with Gasteiger partial charge in [-0.1, -0.05) is 36.4 Å². The SMILES string of the molecule is O=C1NCC(OCC(=O)c2ccccc2)=C1c1cccs1. The highest BCUT2D eigenvalue weighted by molar-refractivity contribution is 7.11. The number of hydrogen-bond acceptors (Lipinski definition) is 4. The Bertz CT molecular complexity index is 690. The maximum absolute atomic E-state index is 12.0. The molecule has 4 nitrogen and oxygen atoms in total. The Balaban J connectivity index is 1.75. The van der Waals surface area contributed by atoms with E-state index in [2.05, 4.69) is 5.32 Å². The predicted octanol–water partition coefficient (Wildman–Crippen LogP) is 2.49. The van der Waals surface area contributed by atoms with Crippen LogP contribution >= 0.6 is 11.3 Å². The summed E-state index contributed by atoms with van der Waals surface area (Å²) in [6, 6.07) is 12.7. The monoisotopic (exact) mass is 299 g/mol. The summed E-state index contributed by atoms with van der Waals surface area (Å²) in [5.74, 6) is 0.277. The lowest BCUT2D eigenvalue weighted by atomic mass is 10.1. The Hall–Kier alpha value is -2.40. The molecule has 0 saturated carbocycles. The Morgan fingerprint density at radius 1 is 1.19 bits per heavy atom. The summed E-state index contributed by atoms with van der Waals surface area (Å²) in [6.45, 7) is 0.261. The van der Waals surface area contributed by atoms with Crippen LogP contribution in [0, 0.1) is 0 Å². The van der Waals surface area contributed by atoms with E-state index in [-0.39, 0.29) is 18.3 Å². The molecule has 1 aliphatic rings. The van der Waals surface area contributed by atoms with Gasteiger partial charge >= 0.3 is 0 Å². The second-order valence-corrected chi connectivity index (χ2v) is 5.48. The third-order valence-corrected chi connectivity index (χ3v) is 4.04. The number of carbonyl (C=O) groups excluding carboxylic acids is 2. The highest BCUT2D eigenvalue weighted by Gasteiger charge is 2.26. The van der Waals surface area contributed by atoms with Crippen LogP contribution in [0.2, 0.25) is 0 Å². The van der Waals surface area contributed by atoms with E-state index in [0.717, 1.165) is 4.88 Å². The fourth-order valence-electron chi connectivity index (χ4n) is 2.12. The second kappa shape index (κ2) is 5.93. The van der Waals surface area contributed by atoms with Crippen molar-refractivity contribution < 1.29 is 14.3 Å². The van der Waals surface area contributed by atoms with Crippen LogP contribution in [0.5, 0.6) is 0 Å². The number of amides is 1. The first kappa shape index (κ1) is 13.6. The van der Waals surface area contributed by atoms with E-state index in [1.807, 2.05) is 35.7 Å². The molecule has 2 heterocycles. The van der Waals surface area contributed by atoms with Gasteiger partial charge in [0.25, 0.3) is 5.91 Å². The zero-order valence-electron chi connectivity index (χ0n) is 11.2. The lowest BCUT2D eigenvalue weighted by Gasteiger charge is -2.07. The second-order valence-electron chi connectivity index (χ2n) is 4.54. The lowest BCUT2D eigenvalue weighted by molar-refractivity contribution is -0.114. The average molecular weight is 299 g/mol. The van der Waals surface area contributed by atoms with E-state index < -0.39 is 0 Å². The molecular weight excluding hydrogens is 286 g/mol. The van der Waals surface area contributed by atoms with Gasteiger partial charge in [-0.25, -0.2) is 0 Å². The Labute approximate surface area is 126 Å². The van der Waals surface area contributed by atoms with E-state index >= 15 is 0 Å². The first-order chi connectivity index (χ1) is 10.3. The molecule has 0 spiro atoms. The van der Waals surface area contributed by atoms with Crippen LogP contribution < -0.4 is 5.32 Å². The summed E-state index contributed by atoms with van der Waals surface area (Å²) in [4.78, 5) is 24.8. The van der Waals surface area contributed by atoms with Gasteiger partial charge in [-0.05, 0) is 11.4 Å². The minimum absolute atomic E-state index is 0.0663. The molecule has 2 aromatic rings. The maximum atomic E-state index is 12.0. The predicted molar refractivity (Wildman–Crippen MR) is 81.0 cm³/mol. The molecule has 5 heteroatoms. The molecule has 1 aromatic heterocycles. The van der Waals surface area contributed by atoms with Gasteiger partial charge in [0.15, 0.2) is 12.4 Å². The molecule has 1 N–H and O–H groups in total. The first-order valence-electron chi connectivity index (χ1n) is 6.52. The fraction of sp³-hybridized carbons (Fsp3) is 0.125. The van der Waals surface area contributed by atoms with Crippen molar-refractivity contribution in [2.75, 3.05) is 13.2 Å². The number of hydrogen-bond donors (Lipinski definition) is 1. The van der Waals surface area contributed by atoms with Crippen molar-refractivity contribution in [1.82, 2.24) is 5.32 Å². The molecule has 0 aliphatic carbocycles. The number of carbonyl (C=O) groups is 2. The van der Waals surface area contributed by atoms with Crippen LogP contribution in [0.15, 0.2) is 53.6 Å². The molecule has 106 valence electrons. The molecule has 21 heavy (non-hydrogen) atoms. The summed E-state index contributed by atoms with van der Waals surface area (Å²) in [6.07, 6.45) is 0. The number of benzene rings is 1. The van der Waals surface area contributed by atoms with Gasteiger partial charge in [-0.3, -0.25) is 9.59 Å². The molecule has 1 aliphatic heterocycles. The van der Waals surface area contributed by atoms with Crippen molar-refractivity contribution in [3.05, 3.63) is 64.0 Å². The third-order valence-electron chi connectivity index (χ3n) is 3.16. The molecular formula is C16H13NO3S. The van der Waals surface area contributed by atoms with Gasteiger partial charge in [0.05, 0.1) is 12.1 Å². The van der Waals surface area contributed by atoms with Gasteiger partial charge < -0.3 is 10.1 Å². The molecule has 0 saturated heterocycles. The lowest BCUT2D eigenvalue weighted by Crippen LogP contribution is -2.17. The molecule has 1 aromatic carbocycles. The van der Waals surface area contributed by atoms with E-state index in [9.17, 15) is 9.59 Å². The number of nitrogens with one attached hydrogen (secondary N) is 1. The van der Waals surface area contributed by atoms with E-state index in [0.29, 0.717) is 23.4 Å². The van der Waals surface area contributed by atoms with E-state index in [1.54, 1.807) is 12.1 Å². The standard InChI is InChI=1S/C16H13NO3S/c18-12(11-5-2-1-3-6-11)10-20-13-9-17-16(19)15(13)14-7-4-8-21-14/h1-8H,9-10H2,(H,17,19). The van der Waals surface area contributed by atoms with Crippen molar-refractivity contribution in [3.8, 4) is 0 Å². The maximum Gasteiger partial charge on any atom is 0.256 e. The zero-order valence-corrected chi connectivity index (χ0v) is 12.0. The Kier molecular flexibility index (Phi) is 3.83. The molecule has 0 radical (unpaired) electrons. The molecule has 0 atom stereocenters. The average Bonchev–Trinajstić information content (AvgIpc) is 3.15. The summed E-state index contributed by atoms with van der Waals surface area (Å²) in [7, 11) is 0. The molecule has 1 amide bonds. The Morgan fingerprint density at radius 3 is 2.71 bits per heavy atom. The van der Waals surface area contributed by atoms with Crippen LogP contribution in [-0.2, 0) is 9.53 Å². The number of rotatable bonds is 5.